The standard InChI is InChI=1S/C14H24/c1-11(2)6-7-13-8-9-14(4,5)12(3)10-13/h6,10,13H,7-9H2,1-5H3. The Kier molecular flexibility index (Phi) is 3.58. The van der Waals surface area contributed by atoms with E-state index in [2.05, 4.69) is 46.8 Å². The maximum absolute atomic E-state index is 2.49. The molecule has 0 saturated heterocycles. The van der Waals surface area contributed by atoms with Gasteiger partial charge in [-0.3, -0.25) is 0 Å². The van der Waals surface area contributed by atoms with Crippen molar-refractivity contribution in [3.63, 3.8) is 0 Å². The van der Waals surface area contributed by atoms with Crippen molar-refractivity contribution in [2.24, 2.45) is 11.3 Å². The van der Waals surface area contributed by atoms with Gasteiger partial charge >= 0.3 is 0 Å². The molecule has 0 aromatic rings. The predicted octanol–water partition coefficient (Wildman–Crippen LogP) is 4.73. The van der Waals surface area contributed by atoms with Gasteiger partial charge < -0.3 is 0 Å². The van der Waals surface area contributed by atoms with Gasteiger partial charge in [-0.05, 0) is 51.4 Å². The molecule has 1 rings (SSSR count). The minimum Gasteiger partial charge on any atom is -0.0853 e. The Bertz CT molecular complexity index is 249. The van der Waals surface area contributed by atoms with E-state index in [1.54, 1.807) is 5.57 Å². The van der Waals surface area contributed by atoms with Gasteiger partial charge in [-0.25, -0.2) is 0 Å². The lowest BCUT2D eigenvalue weighted by molar-refractivity contribution is 0.335. The van der Waals surface area contributed by atoms with Crippen molar-refractivity contribution < 1.29 is 0 Å². The van der Waals surface area contributed by atoms with Crippen molar-refractivity contribution in [2.45, 2.75) is 53.9 Å². The smallest absolute Gasteiger partial charge is 0.0147 e. The lowest BCUT2D eigenvalue weighted by atomic mass is 9.72. The van der Waals surface area contributed by atoms with Crippen LogP contribution in [0, 0.1) is 11.3 Å². The van der Waals surface area contributed by atoms with Crippen LogP contribution in [-0.2, 0) is 0 Å². The first-order valence-electron chi connectivity index (χ1n) is 5.74. The molecule has 1 aliphatic rings. The van der Waals surface area contributed by atoms with Crippen LogP contribution in [0.3, 0.4) is 0 Å². The number of allylic oxidation sites excluding steroid dienone is 4. The molecule has 0 heteroatoms. The van der Waals surface area contributed by atoms with Gasteiger partial charge in [-0.2, -0.15) is 0 Å². The van der Waals surface area contributed by atoms with Crippen molar-refractivity contribution in [1.82, 2.24) is 0 Å². The average molecular weight is 192 g/mol. The lowest BCUT2D eigenvalue weighted by Crippen LogP contribution is -2.20. The van der Waals surface area contributed by atoms with Crippen molar-refractivity contribution in [3.8, 4) is 0 Å². The molecule has 1 unspecified atom stereocenters. The Morgan fingerprint density at radius 3 is 2.64 bits per heavy atom. The predicted molar refractivity (Wildman–Crippen MR) is 64.3 cm³/mol. The fourth-order valence-electron chi connectivity index (χ4n) is 1.98. The van der Waals surface area contributed by atoms with Gasteiger partial charge in [0.2, 0.25) is 0 Å². The summed E-state index contributed by atoms with van der Waals surface area (Å²) in [6, 6.07) is 0. The third kappa shape index (κ3) is 3.01. The number of hydrogen-bond donors (Lipinski definition) is 0. The molecule has 0 nitrogen and oxygen atoms in total. The van der Waals surface area contributed by atoms with Crippen molar-refractivity contribution >= 4 is 0 Å². The molecule has 0 fully saturated rings. The maximum atomic E-state index is 2.49. The summed E-state index contributed by atoms with van der Waals surface area (Å²) in [4.78, 5) is 0. The minimum atomic E-state index is 0.446. The van der Waals surface area contributed by atoms with E-state index in [9.17, 15) is 0 Å². The van der Waals surface area contributed by atoms with E-state index in [1.807, 2.05) is 0 Å². The molecular formula is C14H24. The summed E-state index contributed by atoms with van der Waals surface area (Å²) in [6.45, 7) is 11.4. The molecular weight excluding hydrogens is 168 g/mol. The summed E-state index contributed by atoms with van der Waals surface area (Å²) in [5.74, 6) is 0.790. The third-order valence-corrected chi connectivity index (χ3v) is 3.52. The van der Waals surface area contributed by atoms with Crippen LogP contribution in [0.25, 0.3) is 0 Å². The Labute approximate surface area is 89.1 Å². The molecule has 0 heterocycles. The van der Waals surface area contributed by atoms with Crippen LogP contribution in [0.2, 0.25) is 0 Å². The largest absolute Gasteiger partial charge is 0.0853 e. The Morgan fingerprint density at radius 1 is 1.50 bits per heavy atom. The molecule has 0 radical (unpaired) electrons. The van der Waals surface area contributed by atoms with Gasteiger partial charge in [0.25, 0.3) is 0 Å². The van der Waals surface area contributed by atoms with Crippen LogP contribution >= 0.6 is 0 Å². The highest BCUT2D eigenvalue weighted by molar-refractivity contribution is 5.15. The molecule has 0 spiro atoms. The molecule has 0 saturated carbocycles. The molecule has 0 aliphatic heterocycles. The molecule has 80 valence electrons. The van der Waals surface area contributed by atoms with E-state index in [1.165, 1.54) is 24.8 Å². The van der Waals surface area contributed by atoms with E-state index in [4.69, 9.17) is 0 Å². The molecule has 14 heavy (non-hydrogen) atoms. The number of rotatable bonds is 2. The summed E-state index contributed by atoms with van der Waals surface area (Å²) >= 11 is 0. The van der Waals surface area contributed by atoms with Crippen LogP contribution in [0.5, 0.6) is 0 Å². The van der Waals surface area contributed by atoms with Crippen LogP contribution in [0.1, 0.15) is 53.9 Å². The molecule has 0 amide bonds. The topological polar surface area (TPSA) is 0 Å². The first-order valence-corrected chi connectivity index (χ1v) is 5.74. The van der Waals surface area contributed by atoms with Crippen molar-refractivity contribution in [2.75, 3.05) is 0 Å². The third-order valence-electron chi connectivity index (χ3n) is 3.52. The Hall–Kier alpha value is -0.520. The van der Waals surface area contributed by atoms with E-state index in [0.29, 0.717) is 5.41 Å². The zero-order chi connectivity index (χ0) is 10.8. The first kappa shape index (κ1) is 11.6. The summed E-state index contributed by atoms with van der Waals surface area (Å²) in [5.41, 5.74) is 3.47. The van der Waals surface area contributed by atoms with Crippen LogP contribution in [-0.4, -0.2) is 0 Å². The Morgan fingerprint density at radius 2 is 2.14 bits per heavy atom. The van der Waals surface area contributed by atoms with Crippen LogP contribution < -0.4 is 0 Å². The highest BCUT2D eigenvalue weighted by Gasteiger charge is 2.25. The second-order valence-electron chi connectivity index (χ2n) is 5.55. The van der Waals surface area contributed by atoms with Crippen LogP contribution in [0.15, 0.2) is 23.3 Å². The molecule has 0 bridgehead atoms. The fourth-order valence-corrected chi connectivity index (χ4v) is 1.98. The minimum absolute atomic E-state index is 0.446. The molecule has 0 aromatic carbocycles. The molecule has 0 N–H and O–H groups in total. The molecule has 1 aliphatic carbocycles. The first-order chi connectivity index (χ1) is 6.42. The van der Waals surface area contributed by atoms with E-state index in [-0.39, 0.29) is 0 Å². The van der Waals surface area contributed by atoms with E-state index >= 15 is 0 Å². The second kappa shape index (κ2) is 4.33. The van der Waals surface area contributed by atoms with Gasteiger partial charge in [-0.15, -0.1) is 0 Å². The zero-order valence-corrected chi connectivity index (χ0v) is 10.4. The van der Waals surface area contributed by atoms with Gasteiger partial charge in [0, 0.05) is 0 Å². The highest BCUT2D eigenvalue weighted by atomic mass is 14.3. The van der Waals surface area contributed by atoms with Gasteiger partial charge in [0.1, 0.15) is 0 Å². The molecule has 0 aromatic heterocycles. The SMILES string of the molecule is CC(C)=CCC1C=C(C)C(C)(C)CC1. The molecule has 1 atom stereocenters. The van der Waals surface area contributed by atoms with Gasteiger partial charge in [-0.1, -0.05) is 37.1 Å². The van der Waals surface area contributed by atoms with Crippen molar-refractivity contribution in [3.05, 3.63) is 23.3 Å². The summed E-state index contributed by atoms with van der Waals surface area (Å²) in [7, 11) is 0. The summed E-state index contributed by atoms with van der Waals surface area (Å²) < 4.78 is 0. The summed E-state index contributed by atoms with van der Waals surface area (Å²) in [5, 5.41) is 0. The zero-order valence-electron chi connectivity index (χ0n) is 10.4. The normalized spacial score (nSPS) is 25.5. The van der Waals surface area contributed by atoms with Crippen molar-refractivity contribution in [1.29, 1.82) is 0 Å². The lowest BCUT2D eigenvalue weighted by Gasteiger charge is -2.33. The monoisotopic (exact) mass is 192 g/mol. The average Bonchev–Trinajstić information content (AvgIpc) is 2.07. The second-order valence-corrected chi connectivity index (χ2v) is 5.55. The van der Waals surface area contributed by atoms with Gasteiger partial charge in [0.15, 0.2) is 0 Å². The quantitative estimate of drug-likeness (QED) is 0.555. The number of hydrogen-bond acceptors (Lipinski definition) is 0. The van der Waals surface area contributed by atoms with E-state index in [0.717, 1.165) is 5.92 Å². The highest BCUT2D eigenvalue weighted by Crippen LogP contribution is 2.39. The maximum Gasteiger partial charge on any atom is -0.0147 e. The van der Waals surface area contributed by atoms with E-state index < -0.39 is 0 Å². The van der Waals surface area contributed by atoms with Gasteiger partial charge in [0.05, 0.1) is 0 Å². The van der Waals surface area contributed by atoms with Crippen LogP contribution in [0.4, 0.5) is 0 Å². The fraction of sp³-hybridized carbons (Fsp3) is 0.714. The Balaban J connectivity index is 2.61. The summed E-state index contributed by atoms with van der Waals surface area (Å²) in [6.07, 6.45) is 8.79.